The molecule has 2 heterocycles. The van der Waals surface area contributed by atoms with E-state index >= 15 is 0 Å². The second kappa shape index (κ2) is 6.41. The van der Waals surface area contributed by atoms with Crippen LogP contribution in [0.5, 0.6) is 0 Å². The maximum absolute atomic E-state index is 13.3. The lowest BCUT2D eigenvalue weighted by atomic mass is 10.1. The zero-order valence-electron chi connectivity index (χ0n) is 12.1. The molecule has 0 radical (unpaired) electrons. The van der Waals surface area contributed by atoms with E-state index in [0.29, 0.717) is 5.56 Å². The van der Waals surface area contributed by atoms with Gasteiger partial charge >= 0.3 is 0 Å². The predicted octanol–water partition coefficient (Wildman–Crippen LogP) is 3.37. The first-order valence-corrected chi connectivity index (χ1v) is 6.88. The highest BCUT2D eigenvalue weighted by atomic mass is 19.1. The minimum absolute atomic E-state index is 0.360. The monoisotopic (exact) mass is 274 g/mol. The minimum atomic E-state index is -0.360. The summed E-state index contributed by atoms with van der Waals surface area (Å²) >= 11 is 0. The Labute approximate surface area is 118 Å². The van der Waals surface area contributed by atoms with Crippen molar-refractivity contribution in [1.29, 1.82) is 0 Å². The average Bonchev–Trinajstić information content (AvgIpc) is 2.46. The molecule has 0 aromatic carbocycles. The van der Waals surface area contributed by atoms with E-state index < -0.39 is 0 Å². The Bertz CT molecular complexity index is 598. The van der Waals surface area contributed by atoms with Gasteiger partial charge in [0.05, 0.1) is 11.9 Å². The highest BCUT2D eigenvalue weighted by molar-refractivity contribution is 5.67. The molecule has 4 nitrogen and oxygen atoms in total. The van der Waals surface area contributed by atoms with Crippen LogP contribution in [0.3, 0.4) is 0 Å². The van der Waals surface area contributed by atoms with Crippen molar-refractivity contribution in [3.63, 3.8) is 0 Å². The first kappa shape index (κ1) is 14.4. The molecule has 5 heteroatoms. The van der Waals surface area contributed by atoms with Gasteiger partial charge in [-0.05, 0) is 19.4 Å². The predicted molar refractivity (Wildman–Crippen MR) is 78.1 cm³/mol. The topological polar surface area (TPSA) is 50.7 Å². The molecule has 20 heavy (non-hydrogen) atoms. The lowest BCUT2D eigenvalue weighted by molar-refractivity contribution is 0.622. The number of rotatable bonds is 5. The van der Waals surface area contributed by atoms with Crippen LogP contribution in [0.15, 0.2) is 18.5 Å². The zero-order chi connectivity index (χ0) is 14.5. The van der Waals surface area contributed by atoms with Crippen molar-refractivity contribution < 1.29 is 4.39 Å². The molecule has 2 rings (SSSR count). The number of halogens is 1. The summed E-state index contributed by atoms with van der Waals surface area (Å²) in [6, 6.07) is 1.45. The van der Waals surface area contributed by atoms with Gasteiger partial charge in [-0.15, -0.1) is 0 Å². The minimum Gasteiger partial charge on any atom is -0.370 e. The molecule has 0 spiro atoms. The van der Waals surface area contributed by atoms with Crippen LogP contribution in [0.25, 0.3) is 11.3 Å². The molecule has 0 unspecified atom stereocenters. The fourth-order valence-electron chi connectivity index (χ4n) is 1.96. The first-order chi connectivity index (χ1) is 9.65. The standard InChI is InChI=1S/C15H19FN4/c1-4-6-18-15-10(3)14(19-13(5-2)20-15)11-7-12(16)9-17-8-11/h7-9H,4-6H2,1-3H3,(H,18,19,20). The van der Waals surface area contributed by atoms with Crippen LogP contribution in [0.4, 0.5) is 10.2 Å². The highest BCUT2D eigenvalue weighted by Gasteiger charge is 2.12. The van der Waals surface area contributed by atoms with Gasteiger partial charge in [0.15, 0.2) is 0 Å². The molecule has 0 fully saturated rings. The number of hydrogen-bond donors (Lipinski definition) is 1. The van der Waals surface area contributed by atoms with Crippen molar-refractivity contribution in [2.75, 3.05) is 11.9 Å². The molecular weight excluding hydrogens is 255 g/mol. The Hall–Kier alpha value is -2.04. The van der Waals surface area contributed by atoms with E-state index in [1.807, 2.05) is 13.8 Å². The van der Waals surface area contributed by atoms with E-state index in [1.54, 1.807) is 6.20 Å². The van der Waals surface area contributed by atoms with E-state index in [4.69, 9.17) is 0 Å². The Morgan fingerprint density at radius 2 is 2.00 bits per heavy atom. The lowest BCUT2D eigenvalue weighted by Crippen LogP contribution is -2.08. The molecule has 1 N–H and O–H groups in total. The van der Waals surface area contributed by atoms with Crippen LogP contribution in [0, 0.1) is 12.7 Å². The van der Waals surface area contributed by atoms with Crippen LogP contribution in [0.1, 0.15) is 31.7 Å². The van der Waals surface area contributed by atoms with Crippen molar-refractivity contribution in [3.05, 3.63) is 35.7 Å². The van der Waals surface area contributed by atoms with Gasteiger partial charge in [0, 0.05) is 30.3 Å². The SMILES string of the molecule is CCCNc1nc(CC)nc(-c2cncc(F)c2)c1C. The molecule has 2 aromatic heterocycles. The smallest absolute Gasteiger partial charge is 0.142 e. The van der Waals surface area contributed by atoms with E-state index in [-0.39, 0.29) is 5.82 Å². The van der Waals surface area contributed by atoms with Gasteiger partial charge in [-0.1, -0.05) is 13.8 Å². The zero-order valence-corrected chi connectivity index (χ0v) is 12.1. The van der Waals surface area contributed by atoms with Gasteiger partial charge in [0.1, 0.15) is 17.5 Å². The van der Waals surface area contributed by atoms with Crippen LogP contribution >= 0.6 is 0 Å². The van der Waals surface area contributed by atoms with E-state index in [1.165, 1.54) is 12.3 Å². The van der Waals surface area contributed by atoms with Crippen LogP contribution < -0.4 is 5.32 Å². The van der Waals surface area contributed by atoms with Crippen LogP contribution in [0.2, 0.25) is 0 Å². The third-order valence-electron chi connectivity index (χ3n) is 3.03. The molecule has 0 bridgehead atoms. The van der Waals surface area contributed by atoms with Crippen molar-refractivity contribution >= 4 is 5.82 Å². The third kappa shape index (κ3) is 3.10. The third-order valence-corrected chi connectivity index (χ3v) is 3.03. The van der Waals surface area contributed by atoms with Crippen LogP contribution in [-0.2, 0) is 6.42 Å². The molecular formula is C15H19FN4. The number of aryl methyl sites for hydroxylation is 1. The van der Waals surface area contributed by atoms with Gasteiger partial charge in [-0.2, -0.15) is 0 Å². The Morgan fingerprint density at radius 3 is 2.65 bits per heavy atom. The number of anilines is 1. The van der Waals surface area contributed by atoms with Crippen molar-refractivity contribution in [1.82, 2.24) is 15.0 Å². The summed E-state index contributed by atoms with van der Waals surface area (Å²) in [7, 11) is 0. The molecule has 0 amide bonds. The molecule has 0 aliphatic heterocycles. The Kier molecular flexibility index (Phi) is 4.61. The summed E-state index contributed by atoms with van der Waals surface area (Å²) in [5, 5.41) is 3.30. The molecule has 2 aromatic rings. The molecule has 0 saturated carbocycles. The summed E-state index contributed by atoms with van der Waals surface area (Å²) in [5.41, 5.74) is 2.34. The quantitative estimate of drug-likeness (QED) is 0.908. The summed E-state index contributed by atoms with van der Waals surface area (Å²) < 4.78 is 13.3. The van der Waals surface area contributed by atoms with Crippen molar-refractivity contribution in [3.8, 4) is 11.3 Å². The second-order valence-corrected chi connectivity index (χ2v) is 4.63. The fraction of sp³-hybridized carbons (Fsp3) is 0.400. The molecule has 0 aliphatic rings. The van der Waals surface area contributed by atoms with Crippen molar-refractivity contribution in [2.45, 2.75) is 33.6 Å². The molecule has 0 saturated heterocycles. The summed E-state index contributed by atoms with van der Waals surface area (Å²) in [4.78, 5) is 12.9. The summed E-state index contributed by atoms with van der Waals surface area (Å²) in [6.07, 6.45) is 4.57. The summed E-state index contributed by atoms with van der Waals surface area (Å²) in [6.45, 7) is 6.89. The highest BCUT2D eigenvalue weighted by Crippen LogP contribution is 2.25. The number of nitrogens with zero attached hydrogens (tertiary/aromatic N) is 3. The van der Waals surface area contributed by atoms with E-state index in [2.05, 4.69) is 27.2 Å². The largest absolute Gasteiger partial charge is 0.370 e. The van der Waals surface area contributed by atoms with Gasteiger partial charge in [-0.3, -0.25) is 4.98 Å². The average molecular weight is 274 g/mol. The van der Waals surface area contributed by atoms with Gasteiger partial charge in [0.2, 0.25) is 0 Å². The Balaban J connectivity index is 2.51. The molecule has 0 aliphatic carbocycles. The summed E-state index contributed by atoms with van der Waals surface area (Å²) in [5.74, 6) is 1.20. The first-order valence-electron chi connectivity index (χ1n) is 6.88. The maximum atomic E-state index is 13.3. The van der Waals surface area contributed by atoms with E-state index in [9.17, 15) is 4.39 Å². The number of pyridine rings is 1. The van der Waals surface area contributed by atoms with Crippen LogP contribution in [-0.4, -0.2) is 21.5 Å². The number of hydrogen-bond acceptors (Lipinski definition) is 4. The fourth-order valence-corrected chi connectivity index (χ4v) is 1.96. The number of nitrogens with one attached hydrogen (secondary N) is 1. The molecule has 0 atom stereocenters. The Morgan fingerprint density at radius 1 is 1.20 bits per heavy atom. The van der Waals surface area contributed by atoms with Gasteiger partial charge in [-0.25, -0.2) is 14.4 Å². The van der Waals surface area contributed by atoms with Gasteiger partial charge in [0.25, 0.3) is 0 Å². The lowest BCUT2D eigenvalue weighted by Gasteiger charge is -2.13. The second-order valence-electron chi connectivity index (χ2n) is 4.63. The van der Waals surface area contributed by atoms with Gasteiger partial charge < -0.3 is 5.32 Å². The maximum Gasteiger partial charge on any atom is 0.142 e. The van der Waals surface area contributed by atoms with Crippen molar-refractivity contribution in [2.24, 2.45) is 0 Å². The normalized spacial score (nSPS) is 10.6. The van der Waals surface area contributed by atoms with E-state index in [0.717, 1.165) is 42.3 Å². The number of aromatic nitrogens is 3. The molecule has 106 valence electrons.